The maximum atomic E-state index is 12.2. The van der Waals surface area contributed by atoms with Gasteiger partial charge >= 0.3 is 5.97 Å². The highest BCUT2D eigenvalue weighted by molar-refractivity contribution is 7.89. The van der Waals surface area contributed by atoms with Crippen molar-refractivity contribution in [2.24, 2.45) is 0 Å². The number of carboxylic acids is 1. The van der Waals surface area contributed by atoms with Gasteiger partial charge in [0.25, 0.3) is 10.0 Å². The summed E-state index contributed by atoms with van der Waals surface area (Å²) in [6.45, 7) is 1.55. The van der Waals surface area contributed by atoms with Crippen molar-refractivity contribution in [1.82, 2.24) is 14.5 Å². The Labute approximate surface area is 104 Å². The van der Waals surface area contributed by atoms with Crippen LogP contribution in [0, 0.1) is 0 Å². The number of sulfonamides is 1. The fourth-order valence-electron chi connectivity index (χ4n) is 1.47. The molecule has 102 valence electrons. The predicted octanol–water partition coefficient (Wildman–Crippen LogP) is -0.499. The van der Waals surface area contributed by atoms with Crippen LogP contribution in [0.2, 0.25) is 0 Å². The second kappa shape index (κ2) is 5.94. The van der Waals surface area contributed by atoms with Gasteiger partial charge in [-0.15, -0.1) is 0 Å². The van der Waals surface area contributed by atoms with Crippen molar-refractivity contribution >= 4 is 16.0 Å². The van der Waals surface area contributed by atoms with E-state index in [-0.39, 0.29) is 19.7 Å². The molecule has 0 unspecified atom stereocenters. The summed E-state index contributed by atoms with van der Waals surface area (Å²) in [5.41, 5.74) is -0.408. The van der Waals surface area contributed by atoms with Gasteiger partial charge in [0.1, 0.15) is 5.56 Å². The average Bonchev–Trinajstić information content (AvgIpc) is 2.78. The number of aromatic amines is 1. The molecule has 1 aromatic heterocycles. The number of nitrogens with zero attached hydrogens (tertiary/aromatic N) is 2. The second-order valence-corrected chi connectivity index (χ2v) is 5.42. The molecule has 0 aliphatic carbocycles. The zero-order valence-electron chi connectivity index (χ0n) is 9.83. The summed E-state index contributed by atoms with van der Waals surface area (Å²) in [4.78, 5) is 10.9. The number of aromatic nitrogens is 2. The first-order chi connectivity index (χ1) is 8.45. The van der Waals surface area contributed by atoms with Gasteiger partial charge in [-0.25, -0.2) is 13.2 Å². The van der Waals surface area contributed by atoms with E-state index in [0.29, 0.717) is 6.42 Å². The molecule has 0 aliphatic heterocycles. The van der Waals surface area contributed by atoms with Crippen LogP contribution in [0.25, 0.3) is 0 Å². The van der Waals surface area contributed by atoms with Crippen LogP contribution in [-0.2, 0) is 10.0 Å². The summed E-state index contributed by atoms with van der Waals surface area (Å²) in [6, 6.07) is 0. The lowest BCUT2D eigenvalue weighted by Gasteiger charge is -2.19. The number of H-pyrrole nitrogens is 1. The first kappa shape index (κ1) is 14.6. The largest absolute Gasteiger partial charge is 0.478 e. The maximum absolute atomic E-state index is 12.2. The molecule has 1 aromatic rings. The number of hydrogen-bond acceptors (Lipinski definition) is 5. The van der Waals surface area contributed by atoms with E-state index in [0.717, 1.165) is 10.5 Å². The Bertz CT molecular complexity index is 504. The van der Waals surface area contributed by atoms with E-state index in [1.807, 2.05) is 0 Å². The SMILES string of the molecule is CCCN(CCO)S(=O)(=O)c1[nH]ncc1C(=O)O. The summed E-state index contributed by atoms with van der Waals surface area (Å²) < 4.78 is 25.4. The van der Waals surface area contributed by atoms with E-state index in [9.17, 15) is 13.2 Å². The lowest BCUT2D eigenvalue weighted by molar-refractivity contribution is 0.0692. The number of nitrogens with one attached hydrogen (secondary N) is 1. The molecule has 18 heavy (non-hydrogen) atoms. The first-order valence-electron chi connectivity index (χ1n) is 5.32. The average molecular weight is 277 g/mol. The van der Waals surface area contributed by atoms with Gasteiger partial charge < -0.3 is 10.2 Å². The first-order valence-corrected chi connectivity index (χ1v) is 6.76. The number of carboxylic acid groups (broad SMARTS) is 1. The van der Waals surface area contributed by atoms with E-state index in [1.165, 1.54) is 0 Å². The van der Waals surface area contributed by atoms with Gasteiger partial charge in [-0.05, 0) is 6.42 Å². The molecule has 0 radical (unpaired) electrons. The van der Waals surface area contributed by atoms with Gasteiger partial charge in [0.15, 0.2) is 5.03 Å². The van der Waals surface area contributed by atoms with E-state index >= 15 is 0 Å². The molecule has 1 rings (SSSR count). The number of hydrogen-bond donors (Lipinski definition) is 3. The number of aromatic carboxylic acids is 1. The topological polar surface area (TPSA) is 124 Å². The van der Waals surface area contributed by atoms with Crippen LogP contribution >= 0.6 is 0 Å². The van der Waals surface area contributed by atoms with Crippen LogP contribution < -0.4 is 0 Å². The maximum Gasteiger partial charge on any atom is 0.340 e. The highest BCUT2D eigenvalue weighted by atomic mass is 32.2. The molecular formula is C9H15N3O5S. The van der Waals surface area contributed by atoms with Crippen molar-refractivity contribution in [2.75, 3.05) is 19.7 Å². The quantitative estimate of drug-likeness (QED) is 0.617. The molecule has 0 fully saturated rings. The molecule has 0 atom stereocenters. The smallest absolute Gasteiger partial charge is 0.340 e. The van der Waals surface area contributed by atoms with Crippen LogP contribution in [0.5, 0.6) is 0 Å². The zero-order chi connectivity index (χ0) is 13.8. The molecule has 0 saturated carbocycles. The van der Waals surface area contributed by atoms with Crippen molar-refractivity contribution in [3.05, 3.63) is 11.8 Å². The van der Waals surface area contributed by atoms with Gasteiger partial charge in [0, 0.05) is 13.1 Å². The van der Waals surface area contributed by atoms with E-state index in [1.54, 1.807) is 6.92 Å². The Morgan fingerprint density at radius 2 is 2.17 bits per heavy atom. The molecule has 0 spiro atoms. The number of rotatable bonds is 7. The van der Waals surface area contributed by atoms with Crippen LogP contribution in [0.4, 0.5) is 0 Å². The third kappa shape index (κ3) is 2.86. The Kier molecular flexibility index (Phi) is 4.82. The van der Waals surface area contributed by atoms with Gasteiger partial charge in [-0.2, -0.15) is 9.40 Å². The lowest BCUT2D eigenvalue weighted by Crippen LogP contribution is -2.35. The summed E-state index contributed by atoms with van der Waals surface area (Å²) in [5, 5.41) is 22.9. The lowest BCUT2D eigenvalue weighted by atomic mass is 10.4. The Morgan fingerprint density at radius 1 is 1.50 bits per heavy atom. The molecule has 3 N–H and O–H groups in total. The summed E-state index contributed by atoms with van der Waals surface area (Å²) >= 11 is 0. The molecule has 0 amide bonds. The Morgan fingerprint density at radius 3 is 2.67 bits per heavy atom. The molecule has 1 heterocycles. The molecule has 0 aromatic carbocycles. The van der Waals surface area contributed by atoms with Crippen LogP contribution in [0.3, 0.4) is 0 Å². The summed E-state index contributed by atoms with van der Waals surface area (Å²) in [5.74, 6) is -1.37. The van der Waals surface area contributed by atoms with Crippen molar-refractivity contribution in [3.63, 3.8) is 0 Å². The van der Waals surface area contributed by atoms with Gasteiger partial charge in [0.05, 0.1) is 12.8 Å². The van der Waals surface area contributed by atoms with E-state index in [4.69, 9.17) is 10.2 Å². The van der Waals surface area contributed by atoms with Crippen molar-refractivity contribution in [3.8, 4) is 0 Å². The zero-order valence-corrected chi connectivity index (χ0v) is 10.6. The minimum absolute atomic E-state index is 0.0890. The summed E-state index contributed by atoms with van der Waals surface area (Å²) in [7, 11) is -3.98. The number of aliphatic hydroxyl groups is 1. The minimum Gasteiger partial charge on any atom is -0.478 e. The van der Waals surface area contributed by atoms with Crippen LogP contribution in [0.1, 0.15) is 23.7 Å². The van der Waals surface area contributed by atoms with Gasteiger partial charge in [-0.1, -0.05) is 6.92 Å². The molecule has 0 aliphatic rings. The molecule has 9 heteroatoms. The summed E-state index contributed by atoms with van der Waals surface area (Å²) in [6.07, 6.45) is 1.49. The highest BCUT2D eigenvalue weighted by Crippen LogP contribution is 2.17. The standard InChI is InChI=1S/C9H15N3O5S/c1-2-3-12(4-5-13)18(16,17)8-7(9(14)15)6-10-11-8/h6,13H,2-5H2,1H3,(H,10,11)(H,14,15). The van der Waals surface area contributed by atoms with Crippen LogP contribution in [-0.4, -0.2) is 58.8 Å². The van der Waals surface area contributed by atoms with Crippen molar-refractivity contribution in [1.29, 1.82) is 0 Å². The fraction of sp³-hybridized carbons (Fsp3) is 0.556. The van der Waals surface area contributed by atoms with Gasteiger partial charge in [0.2, 0.25) is 0 Å². The number of aliphatic hydroxyl groups excluding tert-OH is 1. The highest BCUT2D eigenvalue weighted by Gasteiger charge is 2.30. The monoisotopic (exact) mass is 277 g/mol. The molecule has 8 nitrogen and oxygen atoms in total. The third-order valence-electron chi connectivity index (χ3n) is 2.26. The van der Waals surface area contributed by atoms with E-state index < -0.39 is 26.6 Å². The number of carbonyl (C=O) groups is 1. The third-order valence-corrected chi connectivity index (χ3v) is 4.13. The Balaban J connectivity index is 3.18. The van der Waals surface area contributed by atoms with Crippen molar-refractivity contribution in [2.45, 2.75) is 18.4 Å². The molecule has 0 bridgehead atoms. The van der Waals surface area contributed by atoms with Crippen LogP contribution in [0.15, 0.2) is 11.2 Å². The predicted molar refractivity (Wildman–Crippen MR) is 61.7 cm³/mol. The normalized spacial score (nSPS) is 11.9. The van der Waals surface area contributed by atoms with Gasteiger partial charge in [-0.3, -0.25) is 5.10 Å². The minimum atomic E-state index is -3.98. The second-order valence-electron chi connectivity index (χ2n) is 3.55. The fourth-order valence-corrected chi connectivity index (χ4v) is 3.05. The molecule has 0 saturated heterocycles. The van der Waals surface area contributed by atoms with E-state index in [2.05, 4.69) is 10.2 Å². The Hall–Kier alpha value is -1.45. The van der Waals surface area contributed by atoms with Crippen molar-refractivity contribution < 1.29 is 23.4 Å². The molecular weight excluding hydrogens is 262 g/mol.